The molecule has 1 unspecified atom stereocenters. The van der Waals surface area contributed by atoms with Crippen LogP contribution in [0.3, 0.4) is 0 Å². The molecule has 0 radical (unpaired) electrons. The number of allylic oxidation sites excluding steroid dienone is 1. The summed E-state index contributed by atoms with van der Waals surface area (Å²) in [4.78, 5) is 11.0. The van der Waals surface area contributed by atoms with E-state index in [0.717, 1.165) is 0 Å². The monoisotopic (exact) mass is 314 g/mol. The molecule has 1 aliphatic carbocycles. The van der Waals surface area contributed by atoms with Crippen LogP contribution in [-0.2, 0) is 14.8 Å². The number of sulfonamides is 1. The lowest BCUT2D eigenvalue weighted by atomic mass is 9.99. The number of hydrogen-bond donors (Lipinski definition) is 1. The molecule has 0 amide bonds. The number of benzene rings is 1. The molecule has 0 bridgehead atoms. The highest BCUT2D eigenvalue weighted by Gasteiger charge is 2.31. The van der Waals surface area contributed by atoms with Crippen molar-refractivity contribution in [1.29, 1.82) is 0 Å². The summed E-state index contributed by atoms with van der Waals surface area (Å²) in [6, 6.07) is 6.38. The lowest BCUT2D eigenvalue weighted by molar-refractivity contribution is -0.299. The lowest BCUT2D eigenvalue weighted by Crippen LogP contribution is -2.39. The maximum absolute atomic E-state index is 12.3. The highest BCUT2D eigenvalue weighted by Crippen LogP contribution is 2.28. The van der Waals surface area contributed by atoms with Crippen molar-refractivity contribution in [2.24, 2.45) is 0 Å². The minimum atomic E-state index is -3.88. The molecule has 0 spiro atoms. The van der Waals surface area contributed by atoms with Crippen LogP contribution in [0.25, 0.3) is 0 Å². The van der Waals surface area contributed by atoms with Crippen LogP contribution in [0.2, 0.25) is 5.02 Å². The average Bonchev–Trinajstić information content (AvgIpc) is 2.41. The van der Waals surface area contributed by atoms with Crippen LogP contribution < -0.4 is 9.83 Å². The van der Waals surface area contributed by atoms with Crippen LogP contribution in [0.4, 0.5) is 5.69 Å². The second kappa shape index (κ2) is 5.85. The van der Waals surface area contributed by atoms with Crippen LogP contribution in [0, 0.1) is 0 Å². The highest BCUT2D eigenvalue weighted by atomic mass is 35.5. The van der Waals surface area contributed by atoms with E-state index in [1.54, 1.807) is 18.2 Å². The van der Waals surface area contributed by atoms with Gasteiger partial charge in [-0.1, -0.05) is 29.8 Å². The summed E-state index contributed by atoms with van der Waals surface area (Å²) in [5.41, 5.74) is 0.0493. The van der Waals surface area contributed by atoms with Crippen molar-refractivity contribution in [2.75, 3.05) is 4.72 Å². The normalized spacial score (nSPS) is 19.2. The molecule has 5 nitrogen and oxygen atoms in total. The number of carbonyl (C=O) groups excluding carboxylic acids is 1. The predicted molar refractivity (Wildman–Crippen MR) is 74.7 cm³/mol. The Hall–Kier alpha value is -1.53. The maximum Gasteiger partial charge on any atom is 0.239 e. The molecule has 0 fully saturated rings. The van der Waals surface area contributed by atoms with E-state index in [1.165, 1.54) is 12.1 Å². The predicted octanol–water partition coefficient (Wildman–Crippen LogP) is 1.31. The van der Waals surface area contributed by atoms with E-state index in [1.807, 2.05) is 0 Å². The fraction of sp³-hybridized carbons (Fsp3) is 0.308. The van der Waals surface area contributed by atoms with Crippen LogP contribution in [0.1, 0.15) is 19.3 Å². The SMILES string of the molecule is O=C([O-])C1=CCCCC1S(=O)(=O)Nc1ccccc1Cl. The molecule has 0 aromatic heterocycles. The van der Waals surface area contributed by atoms with Crippen molar-refractivity contribution >= 4 is 33.3 Å². The molecule has 1 aromatic rings. The quantitative estimate of drug-likeness (QED) is 0.908. The number of para-hydroxylation sites is 1. The van der Waals surface area contributed by atoms with E-state index in [-0.39, 0.29) is 22.7 Å². The second-order valence-corrected chi connectivity index (χ2v) is 6.76. The van der Waals surface area contributed by atoms with Gasteiger partial charge in [0.25, 0.3) is 0 Å². The molecule has 1 aromatic carbocycles. The second-order valence-electron chi connectivity index (χ2n) is 4.49. The van der Waals surface area contributed by atoms with Gasteiger partial charge in [-0.3, -0.25) is 4.72 Å². The first-order chi connectivity index (χ1) is 9.42. The van der Waals surface area contributed by atoms with E-state index in [0.29, 0.717) is 12.8 Å². The van der Waals surface area contributed by atoms with E-state index >= 15 is 0 Å². The Morgan fingerprint density at radius 2 is 2.05 bits per heavy atom. The minimum absolute atomic E-state index is 0.184. The summed E-state index contributed by atoms with van der Waals surface area (Å²) in [6.45, 7) is 0. The van der Waals surface area contributed by atoms with Gasteiger partial charge in [0.05, 0.1) is 16.7 Å². The summed E-state index contributed by atoms with van der Waals surface area (Å²) in [5.74, 6) is -1.45. The Morgan fingerprint density at radius 3 is 2.70 bits per heavy atom. The Balaban J connectivity index is 2.31. The number of carboxylic acids is 1. The topological polar surface area (TPSA) is 86.3 Å². The van der Waals surface area contributed by atoms with Gasteiger partial charge >= 0.3 is 0 Å². The van der Waals surface area contributed by atoms with Crippen molar-refractivity contribution < 1.29 is 18.3 Å². The smallest absolute Gasteiger partial charge is 0.239 e. The molecule has 0 saturated heterocycles. The van der Waals surface area contributed by atoms with Crippen LogP contribution in [0.15, 0.2) is 35.9 Å². The summed E-state index contributed by atoms with van der Waals surface area (Å²) in [7, 11) is -3.88. The summed E-state index contributed by atoms with van der Waals surface area (Å²) in [5, 5.41) is 10.2. The molecule has 20 heavy (non-hydrogen) atoms. The standard InChI is InChI=1S/C13H14ClNO4S/c14-10-6-2-3-7-11(10)15-20(18,19)12-8-4-1-5-9(12)13(16)17/h2-3,5-7,12,15H,1,4,8H2,(H,16,17)/p-1. The minimum Gasteiger partial charge on any atom is -0.545 e. The number of hydrogen-bond acceptors (Lipinski definition) is 4. The first kappa shape index (κ1) is 14.9. The Labute approximate surface area is 122 Å². The van der Waals surface area contributed by atoms with Crippen molar-refractivity contribution in [3.63, 3.8) is 0 Å². The van der Waals surface area contributed by atoms with Crippen molar-refractivity contribution in [3.8, 4) is 0 Å². The third-order valence-electron chi connectivity index (χ3n) is 3.12. The van der Waals surface area contributed by atoms with Crippen LogP contribution in [0.5, 0.6) is 0 Å². The van der Waals surface area contributed by atoms with E-state index in [2.05, 4.69) is 4.72 Å². The van der Waals surface area contributed by atoms with Gasteiger partial charge in [-0.2, -0.15) is 0 Å². The molecule has 1 N–H and O–H groups in total. The largest absolute Gasteiger partial charge is 0.545 e. The Kier molecular flexibility index (Phi) is 4.35. The molecule has 2 rings (SSSR count). The van der Waals surface area contributed by atoms with E-state index in [9.17, 15) is 18.3 Å². The Morgan fingerprint density at radius 1 is 1.35 bits per heavy atom. The third-order valence-corrected chi connectivity index (χ3v) is 5.19. The van der Waals surface area contributed by atoms with Crippen molar-refractivity contribution in [3.05, 3.63) is 40.9 Å². The molecule has 1 aliphatic rings. The third kappa shape index (κ3) is 3.13. The first-order valence-corrected chi connectivity index (χ1v) is 8.02. The van der Waals surface area contributed by atoms with Gasteiger partial charge in [0.15, 0.2) is 0 Å². The molecule has 0 heterocycles. The first-order valence-electron chi connectivity index (χ1n) is 6.09. The number of carboxylic acid groups (broad SMARTS) is 1. The number of halogens is 1. The summed E-state index contributed by atoms with van der Waals surface area (Å²) < 4.78 is 27.0. The number of nitrogens with one attached hydrogen (secondary N) is 1. The van der Waals surface area contributed by atoms with Gasteiger partial charge in [-0.25, -0.2) is 8.42 Å². The number of aliphatic carboxylic acids is 1. The van der Waals surface area contributed by atoms with Gasteiger partial charge in [-0.05, 0) is 37.0 Å². The average molecular weight is 315 g/mol. The lowest BCUT2D eigenvalue weighted by Gasteiger charge is -2.25. The molecular weight excluding hydrogens is 302 g/mol. The molecule has 0 saturated carbocycles. The van der Waals surface area contributed by atoms with Gasteiger partial charge in [-0.15, -0.1) is 0 Å². The van der Waals surface area contributed by atoms with Gasteiger partial charge < -0.3 is 9.90 Å². The van der Waals surface area contributed by atoms with Crippen LogP contribution in [-0.4, -0.2) is 19.6 Å². The molecule has 0 aliphatic heterocycles. The number of anilines is 1. The fourth-order valence-electron chi connectivity index (χ4n) is 2.15. The highest BCUT2D eigenvalue weighted by molar-refractivity contribution is 7.93. The molecule has 1 atom stereocenters. The van der Waals surface area contributed by atoms with Gasteiger partial charge in [0.2, 0.25) is 10.0 Å². The summed E-state index contributed by atoms with van der Waals surface area (Å²) in [6.07, 6.45) is 2.82. The number of carbonyl (C=O) groups is 1. The van der Waals surface area contributed by atoms with Crippen LogP contribution >= 0.6 is 11.6 Å². The molecular formula is C13H13ClNO4S-. The fourth-order valence-corrected chi connectivity index (χ4v) is 4.02. The Bertz CT molecular complexity index is 654. The van der Waals surface area contributed by atoms with E-state index < -0.39 is 21.2 Å². The zero-order chi connectivity index (χ0) is 14.8. The van der Waals surface area contributed by atoms with Crippen molar-refractivity contribution in [2.45, 2.75) is 24.5 Å². The van der Waals surface area contributed by atoms with Gasteiger partial charge in [0, 0.05) is 0 Å². The maximum atomic E-state index is 12.3. The van der Waals surface area contributed by atoms with Crippen molar-refractivity contribution in [1.82, 2.24) is 0 Å². The molecule has 7 heteroatoms. The zero-order valence-corrected chi connectivity index (χ0v) is 12.1. The number of rotatable bonds is 4. The molecule has 108 valence electrons. The zero-order valence-electron chi connectivity index (χ0n) is 10.5. The van der Waals surface area contributed by atoms with E-state index in [4.69, 9.17) is 11.6 Å². The summed E-state index contributed by atoms with van der Waals surface area (Å²) >= 11 is 5.90. The van der Waals surface area contributed by atoms with Gasteiger partial charge in [0.1, 0.15) is 5.25 Å².